The first-order valence-electron chi connectivity index (χ1n) is 17.4. The maximum atomic E-state index is 14.0. The maximum Gasteiger partial charge on any atom is 0.278 e. The van der Waals surface area contributed by atoms with E-state index in [1.165, 1.54) is 28.2 Å². The molecule has 1 N–H and O–H groups in total. The van der Waals surface area contributed by atoms with Crippen LogP contribution in [-0.4, -0.2) is 103 Å². The van der Waals surface area contributed by atoms with E-state index in [-0.39, 0.29) is 27.7 Å². The van der Waals surface area contributed by atoms with E-state index in [2.05, 4.69) is 15.1 Å². The van der Waals surface area contributed by atoms with Crippen molar-refractivity contribution in [2.75, 3.05) is 62.9 Å². The van der Waals surface area contributed by atoms with Crippen LogP contribution in [0.2, 0.25) is 0 Å². The van der Waals surface area contributed by atoms with Crippen LogP contribution in [0.5, 0.6) is 5.75 Å². The SMILES string of the molecule is COc1cc(N2CCC(N3CCN(S(C)(=O)=O)CC3)CC2)c(C)cc1Nc1nc2c(ccn2S(=O)(=O)c2ccc(C)cc2)c2nc3ccsc3c(=O)n12. The summed E-state index contributed by atoms with van der Waals surface area (Å²) in [5, 5.41) is 5.53. The molecule has 6 heterocycles. The topological polar surface area (TPSA) is 151 Å². The van der Waals surface area contributed by atoms with Crippen LogP contribution in [0.3, 0.4) is 0 Å². The zero-order chi connectivity index (χ0) is 37.2. The number of piperazine rings is 1. The van der Waals surface area contributed by atoms with Gasteiger partial charge in [-0.1, -0.05) is 17.7 Å². The van der Waals surface area contributed by atoms with E-state index in [1.807, 2.05) is 26.0 Å². The smallest absolute Gasteiger partial charge is 0.278 e. The van der Waals surface area contributed by atoms with Crippen molar-refractivity contribution in [2.45, 2.75) is 37.6 Å². The van der Waals surface area contributed by atoms with E-state index in [0.717, 1.165) is 59.8 Å². The van der Waals surface area contributed by atoms with Gasteiger partial charge in [-0.25, -0.2) is 30.2 Å². The number of benzene rings is 2. The minimum absolute atomic E-state index is 0.0987. The largest absolute Gasteiger partial charge is 0.494 e. The average molecular weight is 777 g/mol. The molecule has 2 aromatic carbocycles. The van der Waals surface area contributed by atoms with Crippen molar-refractivity contribution >= 4 is 75.6 Å². The second-order valence-electron chi connectivity index (χ2n) is 13.7. The number of hydrogen-bond donors (Lipinski definition) is 1. The highest BCUT2D eigenvalue weighted by Gasteiger charge is 2.31. The Balaban J connectivity index is 1.13. The first kappa shape index (κ1) is 35.5. The Hall–Kier alpha value is -4.55. The quantitative estimate of drug-likeness (QED) is 0.234. The predicted octanol–water partition coefficient (Wildman–Crippen LogP) is 4.41. The molecule has 4 aromatic heterocycles. The monoisotopic (exact) mass is 776 g/mol. The molecule has 0 amide bonds. The van der Waals surface area contributed by atoms with Crippen molar-refractivity contribution in [1.82, 2.24) is 27.5 Å². The summed E-state index contributed by atoms with van der Waals surface area (Å²) in [6.45, 7) is 8.10. The molecule has 2 aliphatic rings. The summed E-state index contributed by atoms with van der Waals surface area (Å²) in [5.74, 6) is 0.627. The Bertz CT molecular complexity index is 2660. The van der Waals surface area contributed by atoms with Gasteiger partial charge in [0.2, 0.25) is 16.0 Å². The maximum absolute atomic E-state index is 14.0. The number of aryl methyl sites for hydroxylation is 2. The number of piperidine rings is 1. The average Bonchev–Trinajstić information content (AvgIpc) is 3.80. The zero-order valence-corrected chi connectivity index (χ0v) is 32.3. The van der Waals surface area contributed by atoms with Gasteiger partial charge in [-0.15, -0.1) is 11.3 Å². The number of rotatable bonds is 8. The van der Waals surface area contributed by atoms with Crippen molar-refractivity contribution in [1.29, 1.82) is 0 Å². The summed E-state index contributed by atoms with van der Waals surface area (Å²) in [4.78, 5) is 28.5. The summed E-state index contributed by atoms with van der Waals surface area (Å²) in [5.41, 5.74) is 4.10. The molecule has 14 nitrogen and oxygen atoms in total. The van der Waals surface area contributed by atoms with Crippen molar-refractivity contribution in [3.05, 3.63) is 81.6 Å². The number of anilines is 3. The molecule has 0 spiro atoms. The minimum Gasteiger partial charge on any atom is -0.494 e. The molecule has 0 saturated carbocycles. The van der Waals surface area contributed by atoms with Crippen molar-refractivity contribution in [2.24, 2.45) is 0 Å². The lowest BCUT2D eigenvalue weighted by atomic mass is 10.0. The summed E-state index contributed by atoms with van der Waals surface area (Å²) >= 11 is 1.28. The zero-order valence-electron chi connectivity index (χ0n) is 29.8. The number of nitrogens with zero attached hydrogens (tertiary/aromatic N) is 7. The molecule has 8 rings (SSSR count). The molecule has 2 saturated heterocycles. The van der Waals surface area contributed by atoms with Gasteiger partial charge in [0.1, 0.15) is 10.4 Å². The van der Waals surface area contributed by atoms with E-state index in [1.54, 1.807) is 53.2 Å². The van der Waals surface area contributed by atoms with E-state index in [4.69, 9.17) is 14.7 Å². The molecule has 0 bridgehead atoms. The Kier molecular flexibility index (Phi) is 8.96. The van der Waals surface area contributed by atoms with Crippen molar-refractivity contribution < 1.29 is 21.6 Å². The lowest BCUT2D eigenvalue weighted by molar-refractivity contribution is 0.120. The van der Waals surface area contributed by atoms with Gasteiger partial charge < -0.3 is 15.0 Å². The fourth-order valence-electron chi connectivity index (χ4n) is 7.51. The predicted molar refractivity (Wildman–Crippen MR) is 208 cm³/mol. The summed E-state index contributed by atoms with van der Waals surface area (Å²) < 4.78 is 62.2. The van der Waals surface area contributed by atoms with E-state index in [0.29, 0.717) is 46.2 Å². The van der Waals surface area contributed by atoms with Crippen LogP contribution in [0.4, 0.5) is 17.3 Å². The fraction of sp³-hybridized carbons (Fsp3) is 0.361. The third-order valence-corrected chi connectivity index (χ3v) is 14.3. The fourth-order valence-corrected chi connectivity index (χ4v) is 10.4. The number of aromatic nitrogens is 4. The molecule has 2 fully saturated rings. The molecule has 278 valence electrons. The van der Waals surface area contributed by atoms with Gasteiger partial charge in [0.15, 0.2) is 11.3 Å². The number of methoxy groups -OCH3 is 1. The molecule has 0 aliphatic carbocycles. The van der Waals surface area contributed by atoms with Gasteiger partial charge in [0.05, 0.1) is 34.9 Å². The molecular weight excluding hydrogens is 737 g/mol. The van der Waals surface area contributed by atoms with Crippen LogP contribution >= 0.6 is 11.3 Å². The third-order valence-electron chi connectivity index (χ3n) is 10.4. The molecule has 2 aliphatic heterocycles. The number of sulfonamides is 1. The minimum atomic E-state index is -4.04. The van der Waals surface area contributed by atoms with Crippen LogP contribution in [0.15, 0.2) is 69.8 Å². The summed E-state index contributed by atoms with van der Waals surface area (Å²) in [6.07, 6.45) is 4.62. The van der Waals surface area contributed by atoms with Crippen molar-refractivity contribution in [3.8, 4) is 5.75 Å². The highest BCUT2D eigenvalue weighted by Crippen LogP contribution is 2.37. The summed E-state index contributed by atoms with van der Waals surface area (Å²) in [6, 6.07) is 14.3. The van der Waals surface area contributed by atoms with Crippen molar-refractivity contribution in [3.63, 3.8) is 0 Å². The lowest BCUT2D eigenvalue weighted by Crippen LogP contribution is -2.54. The number of nitrogens with one attached hydrogen (secondary N) is 1. The van der Waals surface area contributed by atoms with Crippen LogP contribution in [0.1, 0.15) is 24.0 Å². The number of hydrogen-bond acceptors (Lipinski definition) is 12. The van der Waals surface area contributed by atoms with Gasteiger partial charge >= 0.3 is 0 Å². The third kappa shape index (κ3) is 6.33. The first-order valence-corrected chi connectivity index (χ1v) is 21.5. The highest BCUT2D eigenvalue weighted by molar-refractivity contribution is 7.90. The molecule has 53 heavy (non-hydrogen) atoms. The molecular formula is C36H40N8O6S3. The second kappa shape index (κ2) is 13.4. The van der Waals surface area contributed by atoms with Crippen LogP contribution in [0, 0.1) is 13.8 Å². The van der Waals surface area contributed by atoms with Gasteiger partial charge in [0, 0.05) is 63.3 Å². The van der Waals surface area contributed by atoms with E-state index >= 15 is 0 Å². The van der Waals surface area contributed by atoms with Gasteiger partial charge in [-0.05, 0) is 68.0 Å². The molecule has 6 aromatic rings. The molecule has 0 radical (unpaired) electrons. The highest BCUT2D eigenvalue weighted by atomic mass is 32.2. The Morgan fingerprint density at radius 1 is 0.887 bits per heavy atom. The molecule has 0 atom stereocenters. The summed E-state index contributed by atoms with van der Waals surface area (Å²) in [7, 11) is -5.63. The Labute approximate surface area is 311 Å². The Morgan fingerprint density at radius 2 is 1.60 bits per heavy atom. The van der Waals surface area contributed by atoms with Crippen LogP contribution in [0.25, 0.3) is 26.9 Å². The van der Waals surface area contributed by atoms with Crippen LogP contribution in [-0.2, 0) is 20.0 Å². The Morgan fingerprint density at radius 3 is 2.28 bits per heavy atom. The molecule has 0 unspecified atom stereocenters. The van der Waals surface area contributed by atoms with Gasteiger partial charge in [-0.3, -0.25) is 9.69 Å². The second-order valence-corrected chi connectivity index (χ2v) is 18.4. The number of thiophene rings is 1. The number of fused-ring (bicyclic) bond motifs is 4. The lowest BCUT2D eigenvalue weighted by Gasteiger charge is -2.43. The number of ether oxygens (including phenoxy) is 1. The first-order chi connectivity index (χ1) is 25.3. The van der Waals surface area contributed by atoms with E-state index in [9.17, 15) is 21.6 Å². The van der Waals surface area contributed by atoms with Crippen LogP contribution < -0.4 is 20.5 Å². The standard InChI is InChI=1S/C36H40N8O6S3/c1-23-5-7-26(8-6-23)53(48,49)43-15-11-27-33(43)39-36(44-34(27)37-28-12-20-51-32(28)35(44)45)38-29-21-24(2)30(22-31(29)50-3)41-13-9-25(10-14-41)40-16-18-42(19-17-40)52(4,46)47/h5-8,11-12,15,20-22,25H,9-10,13-14,16-19H2,1-4H3,(H,38,39). The molecule has 17 heteroatoms. The van der Waals surface area contributed by atoms with E-state index < -0.39 is 20.0 Å². The van der Waals surface area contributed by atoms with Gasteiger partial charge in [0.25, 0.3) is 15.6 Å². The van der Waals surface area contributed by atoms with Gasteiger partial charge in [-0.2, -0.15) is 9.29 Å². The normalized spacial score (nSPS) is 16.9.